The summed E-state index contributed by atoms with van der Waals surface area (Å²) in [7, 11) is -3.77. The average molecular weight is 462 g/mol. The molecule has 0 fully saturated rings. The number of anilines is 1. The first-order chi connectivity index (χ1) is 12.9. The highest BCUT2D eigenvalue weighted by Crippen LogP contribution is 2.32. The maximum atomic E-state index is 12.6. The van der Waals surface area contributed by atoms with Crippen LogP contribution in [0.3, 0.4) is 0 Å². The Balaban J connectivity index is 1.92. The lowest BCUT2D eigenvalue weighted by atomic mass is 9.92. The number of nitrogens with one attached hydrogen (secondary N) is 1. The summed E-state index contributed by atoms with van der Waals surface area (Å²) in [4.78, 5) is 0.129. The van der Waals surface area contributed by atoms with Gasteiger partial charge in [-0.3, -0.25) is 4.72 Å². The second-order valence-corrected chi connectivity index (χ2v) is 8.66. The highest BCUT2D eigenvalue weighted by Gasteiger charge is 2.20. The van der Waals surface area contributed by atoms with Crippen molar-refractivity contribution in [3.8, 4) is 6.07 Å². The van der Waals surface area contributed by atoms with E-state index in [9.17, 15) is 13.7 Å². The van der Waals surface area contributed by atoms with Crippen molar-refractivity contribution in [1.29, 1.82) is 5.26 Å². The van der Waals surface area contributed by atoms with Gasteiger partial charge >= 0.3 is 0 Å². The second-order valence-electron chi connectivity index (χ2n) is 5.75. The molecule has 4 nitrogen and oxygen atoms in total. The van der Waals surface area contributed by atoms with Crippen LogP contribution >= 0.6 is 27.5 Å². The third-order valence-electron chi connectivity index (χ3n) is 3.95. The van der Waals surface area contributed by atoms with E-state index in [-0.39, 0.29) is 4.90 Å². The number of halogens is 2. The molecule has 27 heavy (non-hydrogen) atoms. The van der Waals surface area contributed by atoms with Crippen molar-refractivity contribution in [1.82, 2.24) is 0 Å². The maximum absolute atomic E-state index is 12.6. The molecule has 0 aliphatic carbocycles. The molecule has 136 valence electrons. The van der Waals surface area contributed by atoms with Crippen molar-refractivity contribution in [3.05, 3.63) is 93.4 Å². The smallest absolute Gasteiger partial charge is 0.263 e. The van der Waals surface area contributed by atoms with Gasteiger partial charge in [0.1, 0.15) is 4.90 Å². The van der Waals surface area contributed by atoms with Gasteiger partial charge in [0.25, 0.3) is 10.0 Å². The zero-order chi connectivity index (χ0) is 19.4. The van der Waals surface area contributed by atoms with Crippen LogP contribution < -0.4 is 4.72 Å². The lowest BCUT2D eigenvalue weighted by Gasteiger charge is -2.14. The number of hydrogen-bond donors (Lipinski definition) is 1. The molecule has 3 rings (SSSR count). The van der Waals surface area contributed by atoms with Gasteiger partial charge in [0.2, 0.25) is 0 Å². The van der Waals surface area contributed by atoms with Gasteiger partial charge in [0.15, 0.2) is 0 Å². The van der Waals surface area contributed by atoms with Crippen molar-refractivity contribution in [2.24, 2.45) is 0 Å². The third-order valence-corrected chi connectivity index (χ3v) is 6.67. The van der Waals surface area contributed by atoms with E-state index in [1.807, 2.05) is 30.3 Å². The molecular weight excluding hydrogens is 448 g/mol. The predicted octanol–water partition coefficient (Wildman–Crippen LogP) is 5.56. The van der Waals surface area contributed by atoms with Crippen LogP contribution in [0.25, 0.3) is 0 Å². The van der Waals surface area contributed by atoms with Crippen LogP contribution in [-0.4, -0.2) is 8.42 Å². The van der Waals surface area contributed by atoms with Gasteiger partial charge in [-0.15, -0.1) is 0 Å². The lowest BCUT2D eigenvalue weighted by Crippen LogP contribution is -2.13. The highest BCUT2D eigenvalue weighted by molar-refractivity contribution is 9.10. The largest absolute Gasteiger partial charge is 0.280 e. The average Bonchev–Trinajstić information content (AvgIpc) is 2.65. The van der Waals surface area contributed by atoms with Gasteiger partial charge in [-0.05, 0) is 51.3 Å². The molecule has 3 aromatic rings. The van der Waals surface area contributed by atoms with Gasteiger partial charge in [0.05, 0.1) is 17.7 Å². The monoisotopic (exact) mass is 460 g/mol. The fourth-order valence-corrected chi connectivity index (χ4v) is 5.01. The highest BCUT2D eigenvalue weighted by atomic mass is 79.9. The molecule has 3 aromatic carbocycles. The lowest BCUT2D eigenvalue weighted by molar-refractivity contribution is 0.601. The fourth-order valence-electron chi connectivity index (χ4n) is 2.67. The Bertz CT molecular complexity index is 1110. The molecule has 0 aromatic heterocycles. The van der Waals surface area contributed by atoms with Crippen molar-refractivity contribution < 1.29 is 8.42 Å². The van der Waals surface area contributed by atoms with E-state index < -0.39 is 15.9 Å². The third kappa shape index (κ3) is 4.33. The van der Waals surface area contributed by atoms with Crippen molar-refractivity contribution in [3.63, 3.8) is 0 Å². The molecule has 0 radical (unpaired) electrons. The minimum Gasteiger partial charge on any atom is -0.280 e. The normalized spacial score (nSPS) is 12.2. The summed E-state index contributed by atoms with van der Waals surface area (Å²) in [5.74, 6) is -0.535. The Morgan fingerprint density at radius 1 is 1.00 bits per heavy atom. The standard InChI is InChI=1S/C20H14BrClN2O2S/c21-18-8-4-5-9-20(18)27(25,26)24-15-10-11-16(19(22)12-15)17(13-23)14-6-2-1-3-7-14/h1-12,17,24H/t17-/m0/s1. The molecule has 1 atom stereocenters. The van der Waals surface area contributed by atoms with E-state index in [0.717, 1.165) is 5.56 Å². The molecule has 0 aliphatic heterocycles. The molecule has 1 N–H and O–H groups in total. The number of sulfonamides is 1. The summed E-state index contributed by atoms with van der Waals surface area (Å²) in [6, 6.07) is 22.9. The van der Waals surface area contributed by atoms with Crippen LogP contribution in [0.4, 0.5) is 5.69 Å². The van der Waals surface area contributed by atoms with Gasteiger partial charge in [0, 0.05) is 9.50 Å². The molecule has 0 amide bonds. The summed E-state index contributed by atoms with van der Waals surface area (Å²) in [6.07, 6.45) is 0. The van der Waals surface area contributed by atoms with Crippen molar-refractivity contribution in [2.75, 3.05) is 4.72 Å². The summed E-state index contributed by atoms with van der Waals surface area (Å²) >= 11 is 9.61. The number of nitriles is 1. The zero-order valence-corrected chi connectivity index (χ0v) is 17.1. The van der Waals surface area contributed by atoms with Crippen molar-refractivity contribution in [2.45, 2.75) is 10.8 Å². The first kappa shape index (κ1) is 19.4. The molecule has 0 heterocycles. The van der Waals surface area contributed by atoms with Gasteiger partial charge in [-0.1, -0.05) is 60.1 Å². The maximum Gasteiger partial charge on any atom is 0.263 e. The van der Waals surface area contributed by atoms with E-state index in [1.165, 1.54) is 12.1 Å². The van der Waals surface area contributed by atoms with Crippen LogP contribution in [-0.2, 0) is 10.0 Å². The Kier molecular flexibility index (Phi) is 5.85. The van der Waals surface area contributed by atoms with E-state index in [4.69, 9.17) is 11.6 Å². The Morgan fingerprint density at radius 3 is 2.30 bits per heavy atom. The molecular formula is C20H14BrClN2O2S. The molecule has 0 aliphatic rings. The van der Waals surface area contributed by atoms with Gasteiger partial charge in [-0.2, -0.15) is 5.26 Å². The Morgan fingerprint density at radius 2 is 1.67 bits per heavy atom. The first-order valence-corrected chi connectivity index (χ1v) is 10.6. The molecule has 0 saturated heterocycles. The quantitative estimate of drug-likeness (QED) is 0.541. The predicted molar refractivity (Wildman–Crippen MR) is 110 cm³/mol. The second kappa shape index (κ2) is 8.13. The van der Waals surface area contributed by atoms with E-state index in [0.29, 0.717) is 20.7 Å². The Labute approximate surface area is 171 Å². The minimum atomic E-state index is -3.77. The molecule has 0 spiro atoms. The molecule has 0 bridgehead atoms. The van der Waals surface area contributed by atoms with E-state index >= 15 is 0 Å². The number of hydrogen-bond acceptors (Lipinski definition) is 3. The minimum absolute atomic E-state index is 0.129. The van der Waals surface area contributed by atoms with Crippen LogP contribution in [0.1, 0.15) is 17.0 Å². The zero-order valence-electron chi connectivity index (χ0n) is 13.9. The van der Waals surface area contributed by atoms with Crippen LogP contribution in [0.15, 0.2) is 82.2 Å². The summed E-state index contributed by atoms with van der Waals surface area (Å²) in [5, 5.41) is 9.88. The number of nitrogens with zero attached hydrogens (tertiary/aromatic N) is 1. The topological polar surface area (TPSA) is 70.0 Å². The molecule has 0 unspecified atom stereocenters. The van der Waals surface area contributed by atoms with Gasteiger partial charge < -0.3 is 0 Å². The van der Waals surface area contributed by atoms with E-state index in [1.54, 1.807) is 30.3 Å². The summed E-state index contributed by atoms with van der Waals surface area (Å²) in [5.41, 5.74) is 1.77. The molecule has 7 heteroatoms. The number of rotatable bonds is 5. The van der Waals surface area contributed by atoms with Crippen molar-refractivity contribution >= 4 is 43.2 Å². The van der Waals surface area contributed by atoms with Crippen LogP contribution in [0, 0.1) is 11.3 Å². The van der Waals surface area contributed by atoms with E-state index in [2.05, 4.69) is 26.7 Å². The Hall–Kier alpha value is -2.33. The number of benzene rings is 3. The molecule has 0 saturated carbocycles. The first-order valence-electron chi connectivity index (χ1n) is 7.94. The SMILES string of the molecule is N#C[C@@H](c1ccccc1)c1ccc(NS(=O)(=O)c2ccccc2Br)cc1Cl. The summed E-state index contributed by atoms with van der Waals surface area (Å²) in [6.45, 7) is 0. The van der Waals surface area contributed by atoms with Crippen LogP contribution in [0.5, 0.6) is 0 Å². The van der Waals surface area contributed by atoms with Gasteiger partial charge in [-0.25, -0.2) is 8.42 Å². The van der Waals surface area contributed by atoms with Crippen LogP contribution in [0.2, 0.25) is 5.02 Å². The fraction of sp³-hybridized carbons (Fsp3) is 0.0500. The summed E-state index contributed by atoms with van der Waals surface area (Å²) < 4.78 is 28.2.